The van der Waals surface area contributed by atoms with Gasteiger partial charge in [0.2, 0.25) is 5.91 Å². The van der Waals surface area contributed by atoms with Crippen LogP contribution in [-0.2, 0) is 4.79 Å². The number of aliphatic hydroxyl groups is 1. The molecule has 1 atom stereocenters. The number of rotatable bonds is 2. The number of halogens is 1. The summed E-state index contributed by atoms with van der Waals surface area (Å²) in [6, 6.07) is 1.78. The first-order chi connectivity index (χ1) is 7.61. The van der Waals surface area contributed by atoms with Crippen molar-refractivity contribution in [1.82, 2.24) is 4.98 Å². The number of hydrogen-bond acceptors (Lipinski definition) is 3. The Bertz CT molecular complexity index is 422. The first-order valence-corrected chi connectivity index (χ1v) is 5.53. The van der Waals surface area contributed by atoms with E-state index in [0.717, 1.165) is 5.56 Å². The first-order valence-electron chi connectivity index (χ1n) is 5.15. The lowest BCUT2D eigenvalue weighted by Crippen LogP contribution is -2.26. The van der Waals surface area contributed by atoms with Gasteiger partial charge in [-0.15, -0.1) is 0 Å². The van der Waals surface area contributed by atoms with Gasteiger partial charge >= 0.3 is 0 Å². The molecule has 0 aromatic carbocycles. The summed E-state index contributed by atoms with van der Waals surface area (Å²) in [5.41, 5.74) is 0.874. The van der Waals surface area contributed by atoms with Crippen molar-refractivity contribution < 1.29 is 9.90 Å². The maximum atomic E-state index is 11.7. The Balaban J connectivity index is 2.28. The quantitative estimate of drug-likeness (QED) is 0.850. The molecule has 4 nitrogen and oxygen atoms in total. The molecule has 0 spiro atoms. The molecule has 1 unspecified atom stereocenters. The largest absolute Gasteiger partial charge is 0.396 e. The summed E-state index contributed by atoms with van der Waals surface area (Å²) in [5.74, 6) is 0.673. The zero-order valence-electron chi connectivity index (χ0n) is 8.98. The molecule has 1 aromatic rings. The molecule has 1 aliphatic heterocycles. The summed E-state index contributed by atoms with van der Waals surface area (Å²) in [7, 11) is 0. The zero-order chi connectivity index (χ0) is 11.7. The fraction of sp³-hybridized carbons (Fsp3) is 0.455. The van der Waals surface area contributed by atoms with Gasteiger partial charge in [-0.1, -0.05) is 11.6 Å². The predicted octanol–water partition coefficient (Wildman–Crippen LogP) is 1.39. The van der Waals surface area contributed by atoms with E-state index in [4.69, 9.17) is 16.7 Å². The van der Waals surface area contributed by atoms with Crippen molar-refractivity contribution in [3.63, 3.8) is 0 Å². The van der Waals surface area contributed by atoms with Crippen LogP contribution in [0.2, 0.25) is 5.02 Å². The molecular formula is C11H13ClN2O2. The molecule has 2 rings (SSSR count). The molecule has 86 valence electrons. The van der Waals surface area contributed by atoms with Crippen LogP contribution in [0.25, 0.3) is 0 Å². The van der Waals surface area contributed by atoms with Crippen LogP contribution in [-0.4, -0.2) is 29.1 Å². The minimum Gasteiger partial charge on any atom is -0.396 e. The molecule has 5 heteroatoms. The van der Waals surface area contributed by atoms with Crippen LogP contribution in [0.3, 0.4) is 0 Å². The van der Waals surface area contributed by atoms with E-state index in [1.165, 1.54) is 6.20 Å². The maximum Gasteiger partial charge on any atom is 0.228 e. The Hall–Kier alpha value is -1.13. The molecule has 1 fully saturated rings. The molecule has 2 heterocycles. The van der Waals surface area contributed by atoms with Crippen molar-refractivity contribution in [2.24, 2.45) is 5.92 Å². The molecule has 0 aliphatic carbocycles. The second-order valence-corrected chi connectivity index (χ2v) is 4.49. The Labute approximate surface area is 98.9 Å². The number of aromatic nitrogens is 1. The number of carbonyl (C=O) groups is 1. The predicted molar refractivity (Wildman–Crippen MR) is 61.5 cm³/mol. The number of anilines is 1. The lowest BCUT2D eigenvalue weighted by atomic mass is 10.1. The van der Waals surface area contributed by atoms with Crippen molar-refractivity contribution in [3.8, 4) is 0 Å². The summed E-state index contributed by atoms with van der Waals surface area (Å²) in [6.45, 7) is 2.44. The van der Waals surface area contributed by atoms with Crippen molar-refractivity contribution in [1.29, 1.82) is 0 Å². The second kappa shape index (κ2) is 4.39. The number of hydrogen-bond donors (Lipinski definition) is 1. The summed E-state index contributed by atoms with van der Waals surface area (Å²) >= 11 is 5.81. The van der Waals surface area contributed by atoms with E-state index in [1.54, 1.807) is 11.0 Å². The van der Waals surface area contributed by atoms with Gasteiger partial charge in [-0.25, -0.2) is 4.98 Å². The smallest absolute Gasteiger partial charge is 0.228 e. The van der Waals surface area contributed by atoms with Gasteiger partial charge in [-0.05, 0) is 18.6 Å². The molecule has 0 radical (unpaired) electrons. The number of nitrogens with zero attached hydrogens (tertiary/aromatic N) is 2. The average molecular weight is 241 g/mol. The highest BCUT2D eigenvalue weighted by molar-refractivity contribution is 6.30. The van der Waals surface area contributed by atoms with E-state index in [2.05, 4.69) is 4.98 Å². The minimum atomic E-state index is 0.0111. The van der Waals surface area contributed by atoms with Gasteiger partial charge in [-0.3, -0.25) is 9.69 Å². The third kappa shape index (κ3) is 2.03. The van der Waals surface area contributed by atoms with Gasteiger partial charge < -0.3 is 5.11 Å². The normalized spacial score (nSPS) is 20.6. The molecule has 0 bridgehead atoms. The van der Waals surface area contributed by atoms with Crippen LogP contribution in [0.1, 0.15) is 12.0 Å². The Morgan fingerprint density at radius 1 is 1.69 bits per heavy atom. The first kappa shape index (κ1) is 11.4. The van der Waals surface area contributed by atoms with E-state index in [0.29, 0.717) is 23.8 Å². The van der Waals surface area contributed by atoms with E-state index in [9.17, 15) is 4.79 Å². The third-order valence-electron chi connectivity index (χ3n) is 2.74. The fourth-order valence-corrected chi connectivity index (χ4v) is 2.14. The Kier molecular flexibility index (Phi) is 3.12. The molecule has 1 N–H and O–H groups in total. The Morgan fingerprint density at radius 2 is 2.44 bits per heavy atom. The van der Waals surface area contributed by atoms with Crippen molar-refractivity contribution in [3.05, 3.63) is 22.8 Å². The molecule has 1 aromatic heterocycles. The van der Waals surface area contributed by atoms with Crippen LogP contribution < -0.4 is 4.90 Å². The van der Waals surface area contributed by atoms with Gasteiger partial charge in [0, 0.05) is 31.7 Å². The zero-order valence-corrected chi connectivity index (χ0v) is 9.74. The number of aryl methyl sites for hydroxylation is 1. The standard InChI is InChI=1S/C11H13ClN2O2/c1-7-2-9(12)4-13-11(7)14-5-8(6-15)3-10(14)16/h2,4,8,15H,3,5-6H2,1H3. The number of carbonyl (C=O) groups excluding carboxylic acids is 1. The van der Waals surface area contributed by atoms with E-state index >= 15 is 0 Å². The van der Waals surface area contributed by atoms with Crippen LogP contribution in [0.4, 0.5) is 5.82 Å². The van der Waals surface area contributed by atoms with Crippen molar-refractivity contribution >= 4 is 23.3 Å². The number of pyridine rings is 1. The molecule has 1 saturated heterocycles. The average Bonchev–Trinajstić information content (AvgIpc) is 2.60. The van der Waals surface area contributed by atoms with E-state index < -0.39 is 0 Å². The highest BCUT2D eigenvalue weighted by Gasteiger charge is 2.31. The van der Waals surface area contributed by atoms with Crippen LogP contribution in [0.15, 0.2) is 12.3 Å². The summed E-state index contributed by atoms with van der Waals surface area (Å²) in [6.07, 6.45) is 1.92. The van der Waals surface area contributed by atoms with Crippen LogP contribution >= 0.6 is 11.6 Å². The van der Waals surface area contributed by atoms with Gasteiger partial charge in [0.05, 0.1) is 5.02 Å². The SMILES string of the molecule is Cc1cc(Cl)cnc1N1CC(CO)CC1=O. The maximum absolute atomic E-state index is 11.7. The van der Waals surface area contributed by atoms with Crippen molar-refractivity contribution in [2.45, 2.75) is 13.3 Å². The van der Waals surface area contributed by atoms with Gasteiger partial charge in [0.1, 0.15) is 5.82 Å². The van der Waals surface area contributed by atoms with Crippen LogP contribution in [0, 0.1) is 12.8 Å². The highest BCUT2D eigenvalue weighted by Crippen LogP contribution is 2.26. The minimum absolute atomic E-state index is 0.0111. The fourth-order valence-electron chi connectivity index (χ4n) is 1.92. The third-order valence-corrected chi connectivity index (χ3v) is 2.94. The molecular weight excluding hydrogens is 228 g/mol. The lowest BCUT2D eigenvalue weighted by molar-refractivity contribution is -0.117. The highest BCUT2D eigenvalue weighted by atomic mass is 35.5. The molecule has 1 amide bonds. The Morgan fingerprint density at radius 3 is 3.00 bits per heavy atom. The monoisotopic (exact) mass is 240 g/mol. The summed E-state index contributed by atoms with van der Waals surface area (Å²) < 4.78 is 0. The van der Waals surface area contributed by atoms with E-state index in [-0.39, 0.29) is 18.4 Å². The molecule has 1 aliphatic rings. The number of amides is 1. The van der Waals surface area contributed by atoms with Crippen LogP contribution in [0.5, 0.6) is 0 Å². The lowest BCUT2D eigenvalue weighted by Gasteiger charge is -2.17. The van der Waals surface area contributed by atoms with Gasteiger partial charge in [0.25, 0.3) is 0 Å². The molecule has 16 heavy (non-hydrogen) atoms. The summed E-state index contributed by atoms with van der Waals surface area (Å²) in [5, 5.41) is 9.60. The summed E-state index contributed by atoms with van der Waals surface area (Å²) in [4.78, 5) is 17.5. The van der Waals surface area contributed by atoms with Gasteiger partial charge in [-0.2, -0.15) is 0 Å². The number of aliphatic hydroxyl groups excluding tert-OH is 1. The van der Waals surface area contributed by atoms with Gasteiger partial charge in [0.15, 0.2) is 0 Å². The molecule has 0 saturated carbocycles. The second-order valence-electron chi connectivity index (χ2n) is 4.05. The topological polar surface area (TPSA) is 53.4 Å². The van der Waals surface area contributed by atoms with E-state index in [1.807, 2.05) is 6.92 Å². The van der Waals surface area contributed by atoms with Crippen molar-refractivity contribution in [2.75, 3.05) is 18.1 Å².